The SMILES string of the molecule is CCCCc1nc2ccn(C(=O)N3CCCC3C(=O)N(CC)CC)c(=O)c2n1Cc1ccc(-c2ccccc2-c2nn[nH]n2)cc1. The van der Waals surface area contributed by atoms with E-state index in [-0.39, 0.29) is 5.91 Å². The number of pyridine rings is 1. The summed E-state index contributed by atoms with van der Waals surface area (Å²) in [5.74, 6) is 1.26. The van der Waals surface area contributed by atoms with Crippen LogP contribution in [0.2, 0.25) is 0 Å². The number of rotatable bonds is 10. The lowest BCUT2D eigenvalue weighted by molar-refractivity contribution is -0.134. The topological polar surface area (TPSA) is 135 Å². The van der Waals surface area contributed by atoms with Crippen LogP contribution in [0.1, 0.15) is 57.8 Å². The Morgan fingerprint density at radius 1 is 1.00 bits per heavy atom. The van der Waals surface area contributed by atoms with Gasteiger partial charge in [-0.3, -0.25) is 9.59 Å². The molecule has 2 aromatic carbocycles. The lowest BCUT2D eigenvalue weighted by Gasteiger charge is -2.29. The fourth-order valence-corrected chi connectivity index (χ4v) is 6.35. The highest BCUT2D eigenvalue weighted by molar-refractivity contribution is 5.89. The van der Waals surface area contributed by atoms with E-state index >= 15 is 0 Å². The summed E-state index contributed by atoms with van der Waals surface area (Å²) in [6.07, 6.45) is 5.42. The van der Waals surface area contributed by atoms with Gasteiger partial charge >= 0.3 is 6.03 Å². The highest BCUT2D eigenvalue weighted by Gasteiger charge is 2.37. The Kier molecular flexibility index (Phi) is 9.04. The number of aromatic amines is 1. The molecule has 1 fully saturated rings. The first-order valence-electron chi connectivity index (χ1n) is 16.1. The molecule has 1 N–H and O–H groups in total. The number of tetrazole rings is 1. The van der Waals surface area contributed by atoms with Gasteiger partial charge in [-0.2, -0.15) is 5.21 Å². The van der Waals surface area contributed by atoms with Crippen LogP contribution in [-0.2, 0) is 17.8 Å². The number of benzene rings is 2. The summed E-state index contributed by atoms with van der Waals surface area (Å²) >= 11 is 0. The van der Waals surface area contributed by atoms with E-state index in [1.165, 1.54) is 6.20 Å². The summed E-state index contributed by atoms with van der Waals surface area (Å²) in [6, 6.07) is 16.8. The average molecular weight is 622 g/mol. The van der Waals surface area contributed by atoms with Crippen LogP contribution in [0, 0.1) is 0 Å². The number of hydrogen-bond donors (Lipinski definition) is 1. The summed E-state index contributed by atoms with van der Waals surface area (Å²) < 4.78 is 3.10. The van der Waals surface area contributed by atoms with E-state index in [0.717, 1.165) is 51.9 Å². The summed E-state index contributed by atoms with van der Waals surface area (Å²) in [5.41, 5.74) is 4.36. The Balaban J connectivity index is 1.34. The van der Waals surface area contributed by atoms with Crippen molar-refractivity contribution in [2.45, 2.75) is 65.5 Å². The molecule has 12 heteroatoms. The highest BCUT2D eigenvalue weighted by atomic mass is 16.2. The number of H-pyrrole nitrogens is 1. The predicted octanol–water partition coefficient (Wildman–Crippen LogP) is 4.74. The first-order valence-corrected chi connectivity index (χ1v) is 16.1. The minimum atomic E-state index is -0.566. The zero-order valence-corrected chi connectivity index (χ0v) is 26.5. The second-order valence-electron chi connectivity index (χ2n) is 11.6. The molecule has 46 heavy (non-hydrogen) atoms. The van der Waals surface area contributed by atoms with Gasteiger partial charge < -0.3 is 14.4 Å². The number of aryl methyl sites for hydroxylation is 1. The molecule has 6 rings (SSSR count). The lowest BCUT2D eigenvalue weighted by Crippen LogP contribution is -2.50. The molecule has 0 radical (unpaired) electrons. The molecular formula is C34H39N9O3. The summed E-state index contributed by atoms with van der Waals surface area (Å²) in [7, 11) is 0. The summed E-state index contributed by atoms with van der Waals surface area (Å²) in [6.45, 7) is 7.99. The smallest absolute Gasteiger partial charge is 0.331 e. The Morgan fingerprint density at radius 3 is 2.46 bits per heavy atom. The zero-order valence-electron chi connectivity index (χ0n) is 26.5. The van der Waals surface area contributed by atoms with Gasteiger partial charge in [0.25, 0.3) is 5.56 Å². The molecule has 0 saturated carbocycles. The predicted molar refractivity (Wildman–Crippen MR) is 175 cm³/mol. The van der Waals surface area contributed by atoms with E-state index in [2.05, 4.69) is 27.5 Å². The van der Waals surface area contributed by atoms with E-state index in [4.69, 9.17) is 4.98 Å². The van der Waals surface area contributed by atoms with E-state index < -0.39 is 17.6 Å². The van der Waals surface area contributed by atoms with E-state index in [9.17, 15) is 14.4 Å². The van der Waals surface area contributed by atoms with Crippen molar-refractivity contribution in [3.05, 3.63) is 82.5 Å². The second kappa shape index (κ2) is 13.5. The third-order valence-electron chi connectivity index (χ3n) is 8.81. The second-order valence-corrected chi connectivity index (χ2v) is 11.6. The number of carbonyl (C=O) groups is 2. The largest absolute Gasteiger partial charge is 0.341 e. The average Bonchev–Trinajstić information content (AvgIpc) is 3.86. The van der Waals surface area contributed by atoms with Crippen LogP contribution in [0.25, 0.3) is 33.5 Å². The van der Waals surface area contributed by atoms with Crippen LogP contribution in [0.5, 0.6) is 0 Å². The van der Waals surface area contributed by atoms with Crippen LogP contribution >= 0.6 is 0 Å². The third-order valence-corrected chi connectivity index (χ3v) is 8.81. The van der Waals surface area contributed by atoms with Crippen molar-refractivity contribution in [1.82, 2.24) is 44.5 Å². The minimum Gasteiger partial charge on any atom is -0.341 e. The van der Waals surface area contributed by atoms with Crippen LogP contribution in [0.4, 0.5) is 4.79 Å². The normalized spacial score (nSPS) is 14.7. The Morgan fingerprint density at radius 2 is 1.76 bits per heavy atom. The van der Waals surface area contributed by atoms with Gasteiger partial charge in [-0.05, 0) is 61.1 Å². The van der Waals surface area contributed by atoms with Gasteiger partial charge in [-0.15, -0.1) is 10.2 Å². The van der Waals surface area contributed by atoms with Gasteiger partial charge in [0.2, 0.25) is 11.7 Å². The monoisotopic (exact) mass is 621 g/mol. The van der Waals surface area contributed by atoms with Crippen LogP contribution < -0.4 is 5.56 Å². The Hall–Kier alpha value is -5.13. The number of nitrogens with zero attached hydrogens (tertiary/aromatic N) is 8. The maximum Gasteiger partial charge on any atom is 0.331 e. The van der Waals surface area contributed by atoms with E-state index in [1.54, 1.807) is 15.9 Å². The first-order chi connectivity index (χ1) is 22.4. The van der Waals surface area contributed by atoms with Crippen molar-refractivity contribution in [2.75, 3.05) is 19.6 Å². The van der Waals surface area contributed by atoms with Crippen molar-refractivity contribution < 1.29 is 9.59 Å². The lowest BCUT2D eigenvalue weighted by atomic mass is 9.98. The number of unbranched alkanes of at least 4 members (excludes halogenated alkanes) is 1. The van der Waals surface area contributed by atoms with Crippen molar-refractivity contribution in [3.63, 3.8) is 0 Å². The van der Waals surface area contributed by atoms with E-state index in [1.807, 2.05) is 66.9 Å². The Labute approximate surface area is 267 Å². The number of imidazole rings is 1. The molecule has 0 aliphatic carbocycles. The number of likely N-dealkylation sites (N-methyl/N-ethyl adjacent to an activating group) is 1. The summed E-state index contributed by atoms with van der Waals surface area (Å²) in [4.78, 5) is 49.3. The quantitative estimate of drug-likeness (QED) is 0.238. The Bertz CT molecular complexity index is 1890. The van der Waals surface area contributed by atoms with Gasteiger partial charge in [0.15, 0.2) is 0 Å². The molecule has 1 aliphatic heterocycles. The van der Waals surface area contributed by atoms with Crippen molar-refractivity contribution in [2.24, 2.45) is 0 Å². The maximum atomic E-state index is 14.1. The van der Waals surface area contributed by atoms with Gasteiger partial charge in [0.1, 0.15) is 17.4 Å². The molecule has 0 bridgehead atoms. The van der Waals surface area contributed by atoms with Crippen LogP contribution in [0.15, 0.2) is 65.6 Å². The molecule has 2 amide bonds. The zero-order chi connectivity index (χ0) is 32.2. The number of nitrogens with one attached hydrogen (secondary N) is 1. The fraction of sp³-hybridized carbons (Fsp3) is 0.382. The molecule has 0 spiro atoms. The van der Waals surface area contributed by atoms with Crippen molar-refractivity contribution >= 4 is 23.0 Å². The molecule has 12 nitrogen and oxygen atoms in total. The molecule has 4 heterocycles. The molecule has 1 aliphatic rings. The van der Waals surface area contributed by atoms with Gasteiger partial charge in [0.05, 0.1) is 5.52 Å². The van der Waals surface area contributed by atoms with Crippen molar-refractivity contribution in [1.29, 1.82) is 0 Å². The van der Waals surface area contributed by atoms with Gasteiger partial charge in [-0.1, -0.05) is 61.9 Å². The van der Waals surface area contributed by atoms with Crippen LogP contribution in [0.3, 0.4) is 0 Å². The molecule has 1 atom stereocenters. The number of fused-ring (bicyclic) bond motifs is 1. The molecular weight excluding hydrogens is 582 g/mol. The third kappa shape index (κ3) is 5.82. The molecule has 238 valence electrons. The van der Waals surface area contributed by atoms with Gasteiger partial charge in [-0.25, -0.2) is 14.3 Å². The number of aromatic nitrogens is 7. The number of amides is 2. The number of hydrogen-bond acceptors (Lipinski definition) is 7. The van der Waals surface area contributed by atoms with E-state index in [0.29, 0.717) is 55.9 Å². The van der Waals surface area contributed by atoms with Crippen molar-refractivity contribution in [3.8, 4) is 22.5 Å². The number of likely N-dealkylation sites (tertiary alicyclic amines) is 1. The van der Waals surface area contributed by atoms with Gasteiger partial charge in [0, 0.05) is 44.4 Å². The molecule has 1 unspecified atom stereocenters. The fourth-order valence-electron chi connectivity index (χ4n) is 6.35. The maximum absolute atomic E-state index is 14.1. The molecule has 3 aromatic heterocycles. The minimum absolute atomic E-state index is 0.0692. The van der Waals surface area contributed by atoms with Crippen LogP contribution in [-0.4, -0.2) is 82.2 Å². The highest BCUT2D eigenvalue weighted by Crippen LogP contribution is 2.30. The first kappa shape index (κ1) is 30.9. The molecule has 1 saturated heterocycles. The standard InChI is InChI=1S/C34H39N9O3/c1-4-7-14-29-35-27-19-21-42(34(46)41-20-10-13-28(41)32(44)40(5-2)6-3)33(45)30(27)43(29)22-23-15-17-24(18-16-23)25-11-8-9-12-26(25)31-36-38-39-37-31/h8-9,11-12,15-19,21,28H,4-7,10,13-14,20,22H2,1-3H3,(H,36,37,38,39). The summed E-state index contributed by atoms with van der Waals surface area (Å²) in [5, 5.41) is 14.5. The molecule has 5 aromatic rings. The number of carbonyl (C=O) groups excluding carboxylic acids is 2.